The molecule has 4 aromatic carbocycles. The number of hydrogen-bond acceptors (Lipinski definition) is 3. The Kier molecular flexibility index (Phi) is 5.80. The van der Waals surface area contributed by atoms with E-state index in [1.807, 2.05) is 47.0 Å². The summed E-state index contributed by atoms with van der Waals surface area (Å²) in [5.41, 5.74) is 10.2. The fourth-order valence-electron chi connectivity index (χ4n) is 4.36. The summed E-state index contributed by atoms with van der Waals surface area (Å²) in [4.78, 5) is 12.2. The van der Waals surface area contributed by atoms with E-state index in [1.54, 1.807) is 31.4 Å². The predicted octanol–water partition coefficient (Wildman–Crippen LogP) is 6.32. The molecule has 0 saturated heterocycles. The highest BCUT2D eigenvalue weighted by Gasteiger charge is 2.31. The zero-order valence-corrected chi connectivity index (χ0v) is 19.1. The summed E-state index contributed by atoms with van der Waals surface area (Å²) in [6.45, 7) is 0.342. The second-order valence-corrected chi connectivity index (χ2v) is 8.22. The number of nitrogens with zero attached hydrogens (tertiary/aromatic N) is 1. The Balaban J connectivity index is 1.65. The van der Waals surface area contributed by atoms with E-state index < -0.39 is 12.3 Å². The van der Waals surface area contributed by atoms with E-state index >= 15 is 0 Å². The number of carbonyl (C=O) groups excluding carboxylic acids is 1. The van der Waals surface area contributed by atoms with Crippen LogP contribution in [-0.4, -0.2) is 23.9 Å². The maximum absolute atomic E-state index is 12.5. The van der Waals surface area contributed by atoms with Crippen molar-refractivity contribution >= 4 is 27.7 Å². The number of rotatable bonds is 6. The summed E-state index contributed by atoms with van der Waals surface area (Å²) < 4.78 is 48.9. The van der Waals surface area contributed by atoms with E-state index in [0.717, 1.165) is 38.9 Å². The molecule has 0 aliphatic rings. The van der Waals surface area contributed by atoms with Crippen molar-refractivity contribution in [1.82, 2.24) is 4.57 Å². The minimum Gasteiger partial charge on any atom is -0.497 e. The van der Waals surface area contributed by atoms with Crippen molar-refractivity contribution in [2.75, 3.05) is 7.11 Å². The lowest BCUT2D eigenvalue weighted by molar-refractivity contribution is -0.274. The maximum Gasteiger partial charge on any atom is 0.573 e. The molecular formula is C28H20F3N2O3. The average molecular weight is 489 g/mol. The first kappa shape index (κ1) is 23.3. The first-order valence-corrected chi connectivity index (χ1v) is 11.0. The summed E-state index contributed by atoms with van der Waals surface area (Å²) in [6.07, 6.45) is -4.76. The van der Waals surface area contributed by atoms with Gasteiger partial charge in [0, 0.05) is 22.9 Å². The number of primary amides is 1. The van der Waals surface area contributed by atoms with Crippen LogP contribution in [0.4, 0.5) is 13.2 Å². The summed E-state index contributed by atoms with van der Waals surface area (Å²) in [7, 11) is 1.60. The Morgan fingerprint density at radius 3 is 2.28 bits per heavy atom. The molecular weight excluding hydrogens is 469 g/mol. The van der Waals surface area contributed by atoms with Crippen molar-refractivity contribution in [2.24, 2.45) is 5.73 Å². The molecule has 0 fully saturated rings. The molecule has 5 rings (SSSR count). The van der Waals surface area contributed by atoms with Gasteiger partial charge in [-0.2, -0.15) is 0 Å². The van der Waals surface area contributed by atoms with Gasteiger partial charge in [0.15, 0.2) is 0 Å². The van der Waals surface area contributed by atoms with Gasteiger partial charge in [0.2, 0.25) is 5.91 Å². The zero-order valence-electron chi connectivity index (χ0n) is 19.1. The van der Waals surface area contributed by atoms with Crippen molar-refractivity contribution in [3.05, 3.63) is 96.1 Å². The summed E-state index contributed by atoms with van der Waals surface area (Å²) >= 11 is 0. The number of methoxy groups -OCH3 is 1. The van der Waals surface area contributed by atoms with Crippen LogP contribution in [0.1, 0.15) is 15.9 Å². The molecule has 0 aliphatic carbocycles. The number of fused-ring (bicyclic) bond motifs is 3. The first-order valence-electron chi connectivity index (χ1n) is 11.0. The molecule has 0 saturated carbocycles. The van der Waals surface area contributed by atoms with Crippen molar-refractivity contribution in [3.8, 4) is 22.6 Å². The maximum atomic E-state index is 12.5. The third kappa shape index (κ3) is 4.45. The van der Waals surface area contributed by atoms with Gasteiger partial charge in [-0.3, -0.25) is 4.79 Å². The average Bonchev–Trinajstić information content (AvgIpc) is 3.17. The Bertz CT molecular complexity index is 1570. The highest BCUT2D eigenvalue weighted by Crippen LogP contribution is 2.35. The number of carbonyl (C=O) groups is 1. The standard InChI is InChI=1S/C28H20F3N2O3/c1-35-20-12-7-18(8-13-20)19-9-14-22-25(15-19)33(24-4-2-3-23(26(22)24)27(32)34)16-17-5-10-21(11-6-17)36-28(29,30)31/h2-13,15H,16H2,1H3,(H2,32,34). The number of nitrogens with two attached hydrogens (primary N) is 1. The molecule has 0 bridgehead atoms. The molecule has 1 heterocycles. The van der Waals surface area contributed by atoms with Crippen LogP contribution >= 0.6 is 0 Å². The summed E-state index contributed by atoms with van der Waals surface area (Å²) in [6, 6.07) is 25.8. The molecule has 2 N–H and O–H groups in total. The van der Waals surface area contributed by atoms with Gasteiger partial charge in [-0.25, -0.2) is 0 Å². The number of benzene rings is 4. The molecule has 0 atom stereocenters. The van der Waals surface area contributed by atoms with Crippen LogP contribution < -0.4 is 15.2 Å². The van der Waals surface area contributed by atoms with E-state index in [9.17, 15) is 18.0 Å². The van der Waals surface area contributed by atoms with E-state index in [-0.39, 0.29) is 5.75 Å². The van der Waals surface area contributed by atoms with Crippen molar-refractivity contribution in [2.45, 2.75) is 12.9 Å². The molecule has 36 heavy (non-hydrogen) atoms. The van der Waals surface area contributed by atoms with Gasteiger partial charge in [-0.15, -0.1) is 13.2 Å². The van der Waals surface area contributed by atoms with E-state index in [0.29, 0.717) is 17.5 Å². The monoisotopic (exact) mass is 489 g/mol. The van der Waals surface area contributed by atoms with Crippen molar-refractivity contribution < 1.29 is 27.4 Å². The minimum absolute atomic E-state index is 0.292. The lowest BCUT2D eigenvalue weighted by Gasteiger charge is -2.11. The third-order valence-corrected chi connectivity index (χ3v) is 5.98. The predicted molar refractivity (Wildman–Crippen MR) is 131 cm³/mol. The fourth-order valence-corrected chi connectivity index (χ4v) is 4.36. The molecule has 0 spiro atoms. The number of hydrogen-bond donors (Lipinski definition) is 1. The largest absolute Gasteiger partial charge is 0.573 e. The van der Waals surface area contributed by atoms with Gasteiger partial charge < -0.3 is 19.8 Å². The Hall–Kier alpha value is -4.46. The molecule has 5 aromatic rings. The van der Waals surface area contributed by atoms with Crippen molar-refractivity contribution in [3.63, 3.8) is 0 Å². The molecule has 1 amide bonds. The topological polar surface area (TPSA) is 66.5 Å². The van der Waals surface area contributed by atoms with Gasteiger partial charge in [0.25, 0.3) is 0 Å². The highest BCUT2D eigenvalue weighted by atomic mass is 19.4. The van der Waals surface area contributed by atoms with Gasteiger partial charge in [0.1, 0.15) is 11.5 Å². The number of ether oxygens (including phenoxy) is 2. The molecule has 181 valence electrons. The quantitative estimate of drug-likeness (QED) is 0.304. The summed E-state index contributed by atoms with van der Waals surface area (Å²) in [5.74, 6) is -0.109. The lowest BCUT2D eigenvalue weighted by Crippen LogP contribution is -2.17. The van der Waals surface area contributed by atoms with Crippen LogP contribution in [-0.2, 0) is 6.54 Å². The molecule has 0 unspecified atom stereocenters. The SMILES string of the molecule is COc1ccc(-c2c[c]c3c4c(C(N)=O)cccc4n(Cc4ccc(OC(F)(F)F)cc4)c3c2)cc1. The van der Waals surface area contributed by atoms with E-state index in [1.165, 1.54) is 12.1 Å². The Morgan fingerprint density at radius 1 is 0.944 bits per heavy atom. The molecule has 1 radical (unpaired) electrons. The van der Waals surface area contributed by atoms with Gasteiger partial charge in [-0.1, -0.05) is 30.3 Å². The number of amides is 1. The molecule has 5 nitrogen and oxygen atoms in total. The van der Waals surface area contributed by atoms with Gasteiger partial charge in [0.05, 0.1) is 18.1 Å². The van der Waals surface area contributed by atoms with Crippen LogP contribution in [0.5, 0.6) is 11.5 Å². The van der Waals surface area contributed by atoms with Crippen LogP contribution in [0.25, 0.3) is 32.9 Å². The fraction of sp³-hybridized carbons (Fsp3) is 0.107. The molecule has 8 heteroatoms. The van der Waals surface area contributed by atoms with Crippen LogP contribution in [0, 0.1) is 6.07 Å². The van der Waals surface area contributed by atoms with E-state index in [4.69, 9.17) is 10.5 Å². The Labute approximate surface area is 204 Å². The highest BCUT2D eigenvalue weighted by molar-refractivity contribution is 6.18. The second kappa shape index (κ2) is 8.96. The third-order valence-electron chi connectivity index (χ3n) is 5.98. The molecule has 0 aliphatic heterocycles. The lowest BCUT2D eigenvalue weighted by atomic mass is 10.0. The van der Waals surface area contributed by atoms with Crippen LogP contribution in [0.15, 0.2) is 78.9 Å². The number of halogens is 3. The second-order valence-electron chi connectivity index (χ2n) is 8.22. The van der Waals surface area contributed by atoms with E-state index in [2.05, 4.69) is 10.8 Å². The first-order chi connectivity index (χ1) is 17.2. The van der Waals surface area contributed by atoms with Gasteiger partial charge in [-0.05, 0) is 71.3 Å². The van der Waals surface area contributed by atoms with Crippen LogP contribution in [0.2, 0.25) is 0 Å². The number of alkyl halides is 3. The zero-order chi connectivity index (χ0) is 25.4. The van der Waals surface area contributed by atoms with Gasteiger partial charge >= 0.3 is 6.36 Å². The van der Waals surface area contributed by atoms with Crippen LogP contribution in [0.3, 0.4) is 0 Å². The number of aromatic nitrogens is 1. The Morgan fingerprint density at radius 2 is 1.64 bits per heavy atom. The molecule has 1 aromatic heterocycles. The van der Waals surface area contributed by atoms with Crippen molar-refractivity contribution in [1.29, 1.82) is 0 Å². The summed E-state index contributed by atoms with van der Waals surface area (Å²) in [5, 5.41) is 1.41. The smallest absolute Gasteiger partial charge is 0.497 e. The minimum atomic E-state index is -4.76. The normalized spacial score (nSPS) is 11.7.